The van der Waals surface area contributed by atoms with Crippen LogP contribution in [0.1, 0.15) is 82.8 Å². The average molecular weight is 1000 g/mol. The van der Waals surface area contributed by atoms with E-state index in [0.29, 0.717) is 127 Å². The molecule has 0 bridgehead atoms. The second kappa shape index (κ2) is 24.5. The first-order valence-corrected chi connectivity index (χ1v) is 24.9. The van der Waals surface area contributed by atoms with Gasteiger partial charge in [0.2, 0.25) is 23.6 Å². The number of carbonyl (C=O) groups is 6. The number of amides is 6. The molecule has 3 saturated heterocycles. The Balaban J connectivity index is 0.645. The number of piperazine rings is 1. The van der Waals surface area contributed by atoms with Crippen LogP contribution in [0.25, 0.3) is 11.0 Å². The zero-order valence-corrected chi connectivity index (χ0v) is 40.7. The number of aryl methyl sites for hydroxylation is 1. The van der Waals surface area contributed by atoms with Crippen molar-refractivity contribution in [1.82, 2.24) is 40.3 Å². The quantitative estimate of drug-likeness (QED) is 0.0583. The van der Waals surface area contributed by atoms with Gasteiger partial charge in [0, 0.05) is 70.1 Å². The van der Waals surface area contributed by atoms with Gasteiger partial charge in [-0.25, -0.2) is 9.97 Å². The van der Waals surface area contributed by atoms with Crippen molar-refractivity contribution < 1.29 is 47.7 Å². The first-order chi connectivity index (χ1) is 34.5. The molecule has 3 fully saturated rings. The lowest BCUT2D eigenvalue weighted by atomic mass is 9.87. The topological polar surface area (TPSA) is 244 Å². The molecule has 21 heteroatoms. The molecule has 380 valence electrons. The van der Waals surface area contributed by atoms with E-state index in [1.807, 2.05) is 41.4 Å². The first kappa shape index (κ1) is 51.5. The Morgan fingerprint density at radius 1 is 0.831 bits per heavy atom. The fourth-order valence-electron chi connectivity index (χ4n) is 9.54. The molecule has 2 aromatic heterocycles. The van der Waals surface area contributed by atoms with Crippen LogP contribution in [-0.4, -0.2) is 175 Å². The van der Waals surface area contributed by atoms with Crippen molar-refractivity contribution in [1.29, 1.82) is 0 Å². The van der Waals surface area contributed by atoms with E-state index in [-0.39, 0.29) is 42.7 Å². The summed E-state index contributed by atoms with van der Waals surface area (Å²) < 4.78 is 22.6. The number of nitrogens with zero attached hydrogens (tertiary/aromatic N) is 6. The molecular weight excluding hydrogens is 936 g/mol. The lowest BCUT2D eigenvalue weighted by Gasteiger charge is -2.39. The van der Waals surface area contributed by atoms with Crippen LogP contribution in [0, 0.1) is 0 Å². The van der Waals surface area contributed by atoms with Crippen LogP contribution in [0.4, 0.5) is 5.82 Å². The molecule has 2 atom stereocenters. The van der Waals surface area contributed by atoms with E-state index in [1.165, 1.54) is 0 Å². The van der Waals surface area contributed by atoms with E-state index in [1.54, 1.807) is 24.5 Å². The number of rotatable bonds is 24. The molecule has 6 heterocycles. The largest absolute Gasteiger partial charge is 0.379 e. The van der Waals surface area contributed by atoms with Crippen molar-refractivity contribution in [3.05, 3.63) is 88.3 Å². The molecule has 1 unspecified atom stereocenters. The fourth-order valence-corrected chi connectivity index (χ4v) is 9.67. The minimum Gasteiger partial charge on any atom is -0.379 e. The predicted molar refractivity (Wildman–Crippen MR) is 262 cm³/mol. The Bertz CT molecular complexity index is 2510. The fraction of sp³-hybridized carbons (Fsp3) is 0.520. The van der Waals surface area contributed by atoms with Gasteiger partial charge in [-0.3, -0.25) is 43.9 Å². The number of benzene rings is 2. The normalized spacial score (nSPS) is 18.8. The van der Waals surface area contributed by atoms with E-state index < -0.39 is 35.2 Å². The summed E-state index contributed by atoms with van der Waals surface area (Å²) in [6.45, 7) is 7.59. The number of anilines is 1. The number of aromatic amines is 1. The standard InChI is InChI=1S/C50H63ClN10O10/c51-36-8-6-34(7-9-36)39(56-49(67)50(52)15-19-60(20-16-50)45-38-12-17-53-44(38)54-33-55-45)13-18-58-21-23-59(24-22-58)42(63)14-26-69-28-30-71-32-31-70-29-27-68-25-2-4-35-3-1-5-37-43(35)48(66)61(47(37)65)40-10-11-41(62)57-46(40)64/h1,3,5-9,12,17,33,39-40H,2,4,10-11,13-16,18-32,52H2,(H,56,67)(H,53,54,55)(H,57,62,64)/t39-,40?/m0/s1. The third-order valence-electron chi connectivity index (χ3n) is 13.6. The molecular formula is C50H63ClN10O10. The molecule has 5 N–H and O–H groups in total. The monoisotopic (exact) mass is 998 g/mol. The zero-order valence-electron chi connectivity index (χ0n) is 39.9. The Morgan fingerprint density at radius 3 is 2.23 bits per heavy atom. The van der Waals surface area contributed by atoms with E-state index in [9.17, 15) is 28.8 Å². The maximum Gasteiger partial charge on any atom is 0.262 e. The Kier molecular flexibility index (Phi) is 17.8. The van der Waals surface area contributed by atoms with Gasteiger partial charge in [-0.05, 0) is 73.9 Å². The summed E-state index contributed by atoms with van der Waals surface area (Å²) in [5, 5.41) is 7.06. The van der Waals surface area contributed by atoms with E-state index in [2.05, 4.69) is 35.4 Å². The number of ether oxygens (including phenoxy) is 4. The highest BCUT2D eigenvalue weighted by Gasteiger charge is 2.45. The van der Waals surface area contributed by atoms with Crippen LogP contribution in [0.5, 0.6) is 0 Å². The number of fused-ring (bicyclic) bond motifs is 2. The molecule has 6 amide bonds. The number of hydrogen-bond donors (Lipinski definition) is 4. The third-order valence-corrected chi connectivity index (χ3v) is 13.9. The Morgan fingerprint density at radius 2 is 1.52 bits per heavy atom. The summed E-state index contributed by atoms with van der Waals surface area (Å²) >= 11 is 6.23. The Hall–Kier alpha value is -5.87. The van der Waals surface area contributed by atoms with Gasteiger partial charge in [0.1, 0.15) is 23.8 Å². The van der Waals surface area contributed by atoms with Gasteiger partial charge in [0.05, 0.1) is 80.8 Å². The van der Waals surface area contributed by atoms with Crippen LogP contribution in [0.15, 0.2) is 61.1 Å². The van der Waals surface area contributed by atoms with E-state index in [0.717, 1.165) is 46.9 Å². The molecule has 71 heavy (non-hydrogen) atoms. The summed E-state index contributed by atoms with van der Waals surface area (Å²) in [6, 6.07) is 13.4. The summed E-state index contributed by atoms with van der Waals surface area (Å²) in [5.41, 5.74) is 8.81. The molecule has 8 rings (SSSR count). The van der Waals surface area contributed by atoms with Gasteiger partial charge in [-0.1, -0.05) is 35.9 Å². The molecule has 0 aliphatic carbocycles. The number of piperidine rings is 2. The van der Waals surface area contributed by atoms with E-state index >= 15 is 0 Å². The number of carbonyl (C=O) groups excluding carboxylic acids is 6. The highest BCUT2D eigenvalue weighted by atomic mass is 35.5. The van der Waals surface area contributed by atoms with Crippen LogP contribution in [0.2, 0.25) is 5.02 Å². The number of H-pyrrole nitrogens is 1. The van der Waals surface area contributed by atoms with Crippen LogP contribution in [0.3, 0.4) is 0 Å². The molecule has 4 aromatic rings. The van der Waals surface area contributed by atoms with Crippen molar-refractivity contribution in [2.24, 2.45) is 5.73 Å². The summed E-state index contributed by atoms with van der Waals surface area (Å²) in [7, 11) is 0. The average Bonchev–Trinajstić information content (AvgIpc) is 3.96. The smallest absolute Gasteiger partial charge is 0.262 e. The van der Waals surface area contributed by atoms with Gasteiger partial charge < -0.3 is 44.8 Å². The highest BCUT2D eigenvalue weighted by Crippen LogP contribution is 2.32. The second-order valence-corrected chi connectivity index (χ2v) is 18.7. The zero-order chi connectivity index (χ0) is 49.7. The number of imide groups is 2. The number of hydrogen-bond acceptors (Lipinski definition) is 15. The van der Waals surface area contributed by atoms with Crippen molar-refractivity contribution in [3.63, 3.8) is 0 Å². The number of nitrogens with two attached hydrogens (primary N) is 1. The number of aromatic nitrogens is 3. The maximum atomic E-state index is 13.9. The van der Waals surface area contributed by atoms with Gasteiger partial charge >= 0.3 is 0 Å². The number of halogens is 1. The molecule has 20 nitrogen and oxygen atoms in total. The summed E-state index contributed by atoms with van der Waals surface area (Å²) in [6.07, 6.45) is 6.60. The minimum atomic E-state index is -1.02. The first-order valence-electron chi connectivity index (χ1n) is 24.5. The van der Waals surface area contributed by atoms with Crippen molar-refractivity contribution in [2.75, 3.05) is 104 Å². The van der Waals surface area contributed by atoms with Crippen molar-refractivity contribution >= 4 is 63.9 Å². The molecule has 4 aliphatic heterocycles. The van der Waals surface area contributed by atoms with Crippen LogP contribution in [-0.2, 0) is 44.5 Å². The van der Waals surface area contributed by atoms with Gasteiger partial charge in [-0.15, -0.1) is 0 Å². The maximum absolute atomic E-state index is 13.9. The molecule has 0 radical (unpaired) electrons. The summed E-state index contributed by atoms with van der Waals surface area (Å²) in [5.74, 6) is -1.36. The summed E-state index contributed by atoms with van der Waals surface area (Å²) in [4.78, 5) is 96.5. The minimum absolute atomic E-state index is 0.0533. The second-order valence-electron chi connectivity index (χ2n) is 18.3. The molecule has 4 aliphatic rings. The van der Waals surface area contributed by atoms with Gasteiger partial charge in [-0.2, -0.15) is 0 Å². The predicted octanol–water partition coefficient (Wildman–Crippen LogP) is 2.79. The van der Waals surface area contributed by atoms with Crippen LogP contribution < -0.4 is 21.3 Å². The molecule has 0 saturated carbocycles. The molecule has 2 aromatic carbocycles. The Labute approximate surface area is 417 Å². The SMILES string of the molecule is NC1(C(=O)N[C@@H](CCN2CCN(C(=O)CCOCCOCCOCCOCCCc3cccc4c3C(=O)N(C3CCC(=O)NC3=O)C4=O)CC2)c2ccc(Cl)cc2)CCN(c2ncnc3[nH]ccc23)CC1. The van der Waals surface area contributed by atoms with Crippen molar-refractivity contribution in [2.45, 2.75) is 69.0 Å². The molecule has 0 spiro atoms. The van der Waals surface area contributed by atoms with Crippen LogP contribution >= 0.6 is 11.6 Å². The van der Waals surface area contributed by atoms with Gasteiger partial charge in [0.15, 0.2) is 0 Å². The number of nitrogens with one attached hydrogen (secondary N) is 3. The van der Waals surface area contributed by atoms with Crippen molar-refractivity contribution in [3.8, 4) is 0 Å². The van der Waals surface area contributed by atoms with E-state index in [4.69, 9.17) is 36.3 Å². The lowest BCUT2D eigenvalue weighted by Crippen LogP contribution is -2.60. The third kappa shape index (κ3) is 13.0. The van der Waals surface area contributed by atoms with Gasteiger partial charge in [0.25, 0.3) is 11.8 Å². The lowest BCUT2D eigenvalue weighted by molar-refractivity contribution is -0.136. The highest BCUT2D eigenvalue weighted by molar-refractivity contribution is 6.30.